The summed E-state index contributed by atoms with van der Waals surface area (Å²) < 4.78 is 5.16. The number of hydrogen-bond acceptors (Lipinski definition) is 6. The zero-order chi connectivity index (χ0) is 16.1. The number of nitrogens with one attached hydrogen (secondary N) is 1. The molecule has 1 unspecified atom stereocenters. The van der Waals surface area contributed by atoms with E-state index in [2.05, 4.69) is 5.32 Å². The van der Waals surface area contributed by atoms with Crippen molar-refractivity contribution in [1.29, 1.82) is 0 Å². The summed E-state index contributed by atoms with van der Waals surface area (Å²) >= 11 is 0.816. The minimum absolute atomic E-state index is 0.110. The lowest BCUT2D eigenvalue weighted by Gasteiger charge is -2.16. The van der Waals surface area contributed by atoms with E-state index in [-0.39, 0.29) is 25.5 Å². The number of methoxy groups -OCH3 is 1. The number of ether oxygens (including phenoxy) is 1. The molecule has 1 aromatic rings. The van der Waals surface area contributed by atoms with E-state index in [9.17, 15) is 14.4 Å². The molecule has 3 amide bonds. The van der Waals surface area contributed by atoms with Crippen LogP contribution in [0.25, 0.3) is 0 Å². The number of rotatable bonds is 6. The van der Waals surface area contributed by atoms with Gasteiger partial charge in [0.1, 0.15) is 11.0 Å². The molecule has 1 aromatic carbocycles. The number of carbonyl (C=O) groups excluding carboxylic acids is 3. The Balaban J connectivity index is 2.13. The van der Waals surface area contributed by atoms with Crippen LogP contribution in [0.1, 0.15) is 6.42 Å². The highest BCUT2D eigenvalue weighted by atomic mass is 32.2. The fraction of sp³-hybridized carbons (Fsp3) is 0.357. The van der Waals surface area contributed by atoms with Crippen molar-refractivity contribution in [3.05, 3.63) is 24.3 Å². The summed E-state index contributed by atoms with van der Waals surface area (Å²) in [5, 5.41) is 9.91. The van der Waals surface area contributed by atoms with Crippen LogP contribution < -0.4 is 15.0 Å². The van der Waals surface area contributed by atoms with Crippen LogP contribution in [0.5, 0.6) is 5.75 Å². The number of para-hydroxylation sites is 2. The Morgan fingerprint density at radius 3 is 2.82 bits per heavy atom. The molecular formula is C14H16N2O5S. The van der Waals surface area contributed by atoms with Crippen molar-refractivity contribution in [3.8, 4) is 5.75 Å². The topological polar surface area (TPSA) is 95.9 Å². The predicted octanol–water partition coefficient (Wildman–Crippen LogP) is 0.762. The quantitative estimate of drug-likeness (QED) is 0.802. The van der Waals surface area contributed by atoms with Crippen molar-refractivity contribution in [2.24, 2.45) is 0 Å². The first-order valence-corrected chi connectivity index (χ1v) is 7.51. The molecule has 1 fully saturated rings. The Bertz CT molecular complexity index is 592. The Kier molecular flexibility index (Phi) is 5.40. The molecule has 0 aromatic heterocycles. The average Bonchev–Trinajstić information content (AvgIpc) is 2.79. The zero-order valence-corrected chi connectivity index (χ0v) is 12.8. The van der Waals surface area contributed by atoms with Crippen LogP contribution in [0.2, 0.25) is 0 Å². The third kappa shape index (κ3) is 3.40. The molecule has 2 rings (SSSR count). The van der Waals surface area contributed by atoms with Crippen LogP contribution in [0, 0.1) is 0 Å². The number of imide groups is 1. The van der Waals surface area contributed by atoms with E-state index in [4.69, 9.17) is 9.84 Å². The highest BCUT2D eigenvalue weighted by molar-refractivity contribution is 8.15. The van der Waals surface area contributed by atoms with Crippen LogP contribution in [0.15, 0.2) is 24.3 Å². The number of nitrogens with zero attached hydrogens (tertiary/aromatic N) is 1. The zero-order valence-electron chi connectivity index (χ0n) is 11.9. The first kappa shape index (κ1) is 16.3. The van der Waals surface area contributed by atoms with Gasteiger partial charge in [0.2, 0.25) is 11.8 Å². The lowest BCUT2D eigenvalue weighted by molar-refractivity contribution is -0.124. The molecular weight excluding hydrogens is 308 g/mol. The number of benzene rings is 1. The second-order valence-corrected chi connectivity index (χ2v) is 5.65. The molecule has 1 atom stereocenters. The van der Waals surface area contributed by atoms with Gasteiger partial charge in [0.15, 0.2) is 0 Å². The number of aliphatic hydroxyl groups excluding tert-OH is 1. The van der Waals surface area contributed by atoms with Crippen LogP contribution in [0.3, 0.4) is 0 Å². The maximum absolute atomic E-state index is 12.4. The molecule has 7 nitrogen and oxygen atoms in total. The molecule has 0 bridgehead atoms. The molecule has 22 heavy (non-hydrogen) atoms. The second-order valence-electron chi connectivity index (χ2n) is 4.50. The largest absolute Gasteiger partial charge is 0.495 e. The molecule has 0 spiro atoms. The summed E-state index contributed by atoms with van der Waals surface area (Å²) in [4.78, 5) is 37.2. The lowest BCUT2D eigenvalue weighted by atomic mass is 10.2. The molecule has 1 heterocycles. The molecule has 1 aliphatic rings. The maximum Gasteiger partial charge on any atom is 0.293 e. The van der Waals surface area contributed by atoms with Crippen molar-refractivity contribution in [2.45, 2.75) is 11.7 Å². The molecule has 118 valence electrons. The predicted molar refractivity (Wildman–Crippen MR) is 82.0 cm³/mol. The molecule has 2 N–H and O–H groups in total. The minimum atomic E-state index is -0.767. The normalized spacial score (nSPS) is 17.7. The van der Waals surface area contributed by atoms with Gasteiger partial charge in [-0.2, -0.15) is 0 Å². The molecule has 1 saturated heterocycles. The number of aliphatic hydroxyl groups is 1. The van der Waals surface area contributed by atoms with Crippen molar-refractivity contribution in [1.82, 2.24) is 5.32 Å². The SMILES string of the molecule is COc1ccccc1N1C(=O)SC(CC(=O)NCCO)C1=O. The van der Waals surface area contributed by atoms with Crippen LogP contribution in [-0.2, 0) is 9.59 Å². The van der Waals surface area contributed by atoms with Gasteiger partial charge in [-0.1, -0.05) is 12.1 Å². The fourth-order valence-corrected chi connectivity index (χ4v) is 3.03. The molecule has 0 radical (unpaired) electrons. The maximum atomic E-state index is 12.4. The number of amides is 3. The van der Waals surface area contributed by atoms with Gasteiger partial charge in [-0.25, -0.2) is 4.90 Å². The number of anilines is 1. The highest BCUT2D eigenvalue weighted by Gasteiger charge is 2.42. The monoisotopic (exact) mass is 324 g/mol. The van der Waals surface area contributed by atoms with Crippen LogP contribution in [-0.4, -0.2) is 47.7 Å². The molecule has 8 heteroatoms. The van der Waals surface area contributed by atoms with Crippen molar-refractivity contribution in [2.75, 3.05) is 25.2 Å². The smallest absolute Gasteiger partial charge is 0.293 e. The van der Waals surface area contributed by atoms with E-state index in [0.717, 1.165) is 16.7 Å². The van der Waals surface area contributed by atoms with Crippen molar-refractivity contribution < 1.29 is 24.2 Å². The van der Waals surface area contributed by atoms with Crippen molar-refractivity contribution in [3.63, 3.8) is 0 Å². The number of carbonyl (C=O) groups is 3. The van der Waals surface area contributed by atoms with Gasteiger partial charge in [0.05, 0.1) is 19.4 Å². The van der Waals surface area contributed by atoms with Crippen LogP contribution >= 0.6 is 11.8 Å². The highest BCUT2D eigenvalue weighted by Crippen LogP contribution is 2.37. The van der Waals surface area contributed by atoms with E-state index >= 15 is 0 Å². The van der Waals surface area contributed by atoms with E-state index in [0.29, 0.717) is 11.4 Å². The molecule has 1 aliphatic heterocycles. The summed E-state index contributed by atoms with van der Waals surface area (Å²) in [7, 11) is 1.46. The van der Waals surface area contributed by atoms with Crippen molar-refractivity contribution >= 4 is 34.5 Å². The van der Waals surface area contributed by atoms with Crippen LogP contribution in [0.4, 0.5) is 10.5 Å². The summed E-state index contributed by atoms with van der Waals surface area (Å²) in [6.45, 7) is -0.0572. The average molecular weight is 324 g/mol. The van der Waals surface area contributed by atoms with E-state index in [1.54, 1.807) is 24.3 Å². The molecule has 0 saturated carbocycles. The number of thioether (sulfide) groups is 1. The number of hydrogen-bond donors (Lipinski definition) is 2. The Labute approximate surface area is 131 Å². The summed E-state index contributed by atoms with van der Waals surface area (Å²) in [5.74, 6) is -0.414. The molecule has 0 aliphatic carbocycles. The Morgan fingerprint density at radius 1 is 1.41 bits per heavy atom. The Morgan fingerprint density at radius 2 is 2.14 bits per heavy atom. The first-order chi connectivity index (χ1) is 10.6. The van der Waals surface area contributed by atoms with Gasteiger partial charge in [-0.15, -0.1) is 0 Å². The standard InChI is InChI=1S/C14H16N2O5S/c1-21-10-5-3-2-4-9(10)16-13(19)11(22-14(16)20)8-12(18)15-6-7-17/h2-5,11,17H,6-8H2,1H3,(H,15,18). The van der Waals surface area contributed by atoms with Gasteiger partial charge in [0, 0.05) is 13.0 Å². The van der Waals surface area contributed by atoms with E-state index in [1.165, 1.54) is 7.11 Å². The lowest BCUT2D eigenvalue weighted by Crippen LogP contribution is -2.35. The first-order valence-electron chi connectivity index (χ1n) is 6.63. The summed E-state index contributed by atoms with van der Waals surface area (Å²) in [5.41, 5.74) is 0.366. The van der Waals surface area contributed by atoms with Gasteiger partial charge >= 0.3 is 0 Å². The summed E-state index contributed by atoms with van der Waals surface area (Å²) in [6, 6.07) is 6.70. The van der Waals surface area contributed by atoms with E-state index < -0.39 is 16.4 Å². The second kappa shape index (κ2) is 7.28. The minimum Gasteiger partial charge on any atom is -0.495 e. The van der Waals surface area contributed by atoms with Gasteiger partial charge in [-0.05, 0) is 23.9 Å². The fourth-order valence-electron chi connectivity index (χ4n) is 2.06. The Hall–Kier alpha value is -2.06. The third-order valence-corrected chi connectivity index (χ3v) is 4.09. The van der Waals surface area contributed by atoms with Gasteiger partial charge < -0.3 is 15.2 Å². The van der Waals surface area contributed by atoms with E-state index in [1.807, 2.05) is 0 Å². The third-order valence-electron chi connectivity index (χ3n) is 3.05. The van der Waals surface area contributed by atoms with Gasteiger partial charge in [0.25, 0.3) is 5.24 Å². The summed E-state index contributed by atoms with van der Waals surface area (Å²) in [6.07, 6.45) is -0.110. The van der Waals surface area contributed by atoms with Gasteiger partial charge in [-0.3, -0.25) is 14.4 Å².